The van der Waals surface area contributed by atoms with Crippen LogP contribution >= 0.6 is 0 Å². The van der Waals surface area contributed by atoms with Gasteiger partial charge in [0.1, 0.15) is 0 Å². The number of carboxylic acids is 1. The van der Waals surface area contributed by atoms with Gasteiger partial charge in [-0.2, -0.15) is 0 Å². The van der Waals surface area contributed by atoms with Crippen LogP contribution in [0.4, 0.5) is 4.39 Å². The zero-order valence-electron chi connectivity index (χ0n) is 9.66. The van der Waals surface area contributed by atoms with Crippen molar-refractivity contribution in [3.63, 3.8) is 0 Å². The fourth-order valence-corrected chi connectivity index (χ4v) is 1.52. The molecule has 1 N–H and O–H groups in total. The Labute approximate surface area is 95.1 Å². The molecule has 0 unspecified atom stereocenters. The third-order valence-corrected chi connectivity index (χ3v) is 2.63. The van der Waals surface area contributed by atoms with Crippen molar-refractivity contribution in [3.8, 4) is 0 Å². The van der Waals surface area contributed by atoms with Crippen molar-refractivity contribution in [2.24, 2.45) is 5.41 Å². The number of aliphatic carboxylic acids is 1. The normalized spacial score (nSPS) is 11.4. The van der Waals surface area contributed by atoms with Crippen LogP contribution in [0.15, 0.2) is 24.3 Å². The molecule has 1 aromatic rings. The Kier molecular flexibility index (Phi) is 4.05. The van der Waals surface area contributed by atoms with Gasteiger partial charge in [0.05, 0.1) is 12.1 Å². The molecule has 0 heterocycles. The highest BCUT2D eigenvalue weighted by Crippen LogP contribution is 2.22. The minimum absolute atomic E-state index is 0.361. The first kappa shape index (κ1) is 12.7. The van der Waals surface area contributed by atoms with Crippen molar-refractivity contribution in [1.29, 1.82) is 0 Å². The summed E-state index contributed by atoms with van der Waals surface area (Å²) in [4.78, 5) is 10.9. The van der Waals surface area contributed by atoms with Gasteiger partial charge >= 0.3 is 5.97 Å². The van der Waals surface area contributed by atoms with Crippen molar-refractivity contribution in [2.75, 3.05) is 6.67 Å². The van der Waals surface area contributed by atoms with Crippen LogP contribution in [0.1, 0.15) is 25.0 Å². The molecule has 0 aliphatic heterocycles. The largest absolute Gasteiger partial charge is 0.481 e. The molecule has 0 atom stereocenters. The average Bonchev–Trinajstić information content (AvgIpc) is 2.21. The van der Waals surface area contributed by atoms with Crippen LogP contribution in [0.2, 0.25) is 0 Å². The number of halogens is 1. The van der Waals surface area contributed by atoms with Crippen molar-refractivity contribution in [3.05, 3.63) is 35.4 Å². The van der Waals surface area contributed by atoms with E-state index in [2.05, 4.69) is 0 Å². The molecule has 0 fully saturated rings. The van der Waals surface area contributed by atoms with E-state index in [4.69, 9.17) is 5.11 Å². The summed E-state index contributed by atoms with van der Waals surface area (Å²) in [5.41, 5.74) is 1.15. The lowest BCUT2D eigenvalue weighted by atomic mass is 9.86. The zero-order valence-corrected chi connectivity index (χ0v) is 9.66. The van der Waals surface area contributed by atoms with Gasteiger partial charge in [-0.3, -0.25) is 9.18 Å². The van der Waals surface area contributed by atoms with Gasteiger partial charge in [-0.05, 0) is 31.4 Å². The number of rotatable bonds is 5. The predicted molar refractivity (Wildman–Crippen MR) is 61.2 cm³/mol. The molecule has 0 radical (unpaired) electrons. The number of benzene rings is 1. The Morgan fingerprint density at radius 2 is 1.75 bits per heavy atom. The lowest BCUT2D eigenvalue weighted by molar-refractivity contribution is -0.146. The maximum Gasteiger partial charge on any atom is 0.309 e. The summed E-state index contributed by atoms with van der Waals surface area (Å²) in [5.74, 6) is -0.805. The Bertz CT molecular complexity index is 355. The van der Waals surface area contributed by atoms with Gasteiger partial charge < -0.3 is 5.11 Å². The quantitative estimate of drug-likeness (QED) is 0.835. The van der Waals surface area contributed by atoms with Crippen molar-refractivity contribution < 1.29 is 14.3 Å². The van der Waals surface area contributed by atoms with Gasteiger partial charge in [0.2, 0.25) is 0 Å². The highest BCUT2D eigenvalue weighted by molar-refractivity contribution is 5.74. The fraction of sp³-hybridized carbons (Fsp3) is 0.462. The number of alkyl halides is 1. The Morgan fingerprint density at radius 1 is 1.25 bits per heavy atom. The van der Waals surface area contributed by atoms with Crippen LogP contribution in [-0.2, 0) is 17.6 Å². The van der Waals surface area contributed by atoms with Crippen LogP contribution in [0, 0.1) is 5.41 Å². The molecular weight excluding hydrogens is 207 g/mol. The van der Waals surface area contributed by atoms with Gasteiger partial charge in [-0.1, -0.05) is 24.3 Å². The minimum atomic E-state index is -0.805. The van der Waals surface area contributed by atoms with Crippen LogP contribution in [0.25, 0.3) is 0 Å². The molecule has 0 amide bonds. The summed E-state index contributed by atoms with van der Waals surface area (Å²) >= 11 is 0. The first-order valence-electron chi connectivity index (χ1n) is 5.33. The maximum atomic E-state index is 12.1. The van der Waals surface area contributed by atoms with E-state index < -0.39 is 11.4 Å². The number of carboxylic acid groups (broad SMARTS) is 1. The molecule has 88 valence electrons. The lowest BCUT2D eigenvalue weighted by Crippen LogP contribution is -2.26. The molecule has 2 nitrogen and oxygen atoms in total. The highest BCUT2D eigenvalue weighted by atomic mass is 19.1. The molecule has 1 aromatic carbocycles. The zero-order chi connectivity index (χ0) is 12.2. The van der Waals surface area contributed by atoms with Gasteiger partial charge in [0.15, 0.2) is 0 Å². The molecule has 16 heavy (non-hydrogen) atoms. The van der Waals surface area contributed by atoms with E-state index in [1.807, 2.05) is 24.3 Å². The molecule has 3 heteroatoms. The molecule has 0 spiro atoms. The van der Waals surface area contributed by atoms with Gasteiger partial charge in [-0.25, -0.2) is 0 Å². The van der Waals surface area contributed by atoms with Gasteiger partial charge in [-0.15, -0.1) is 0 Å². The first-order valence-corrected chi connectivity index (χ1v) is 5.33. The first-order chi connectivity index (χ1) is 7.45. The van der Waals surface area contributed by atoms with Crippen LogP contribution in [-0.4, -0.2) is 17.8 Å². The summed E-state index contributed by atoms with van der Waals surface area (Å²) in [6, 6.07) is 7.45. The molecule has 0 saturated carbocycles. The topological polar surface area (TPSA) is 37.3 Å². The second-order valence-corrected chi connectivity index (χ2v) is 4.62. The van der Waals surface area contributed by atoms with E-state index >= 15 is 0 Å². The monoisotopic (exact) mass is 224 g/mol. The molecule has 0 bridgehead atoms. The summed E-state index contributed by atoms with van der Waals surface area (Å²) in [6.45, 7) is 3.04. The molecule has 0 aliphatic rings. The van der Waals surface area contributed by atoms with Gasteiger partial charge in [0, 0.05) is 6.42 Å². The third-order valence-electron chi connectivity index (χ3n) is 2.63. The SMILES string of the molecule is CC(C)(Cc1ccc(CCF)cc1)C(=O)O. The summed E-state index contributed by atoms with van der Waals surface area (Å²) in [6.07, 6.45) is 0.904. The predicted octanol–water partition coefficient (Wildman–Crippen LogP) is 2.85. The van der Waals surface area contributed by atoms with E-state index in [0.29, 0.717) is 12.8 Å². The number of hydrogen-bond donors (Lipinski definition) is 1. The lowest BCUT2D eigenvalue weighted by Gasteiger charge is -2.18. The van der Waals surface area contributed by atoms with Gasteiger partial charge in [0.25, 0.3) is 0 Å². The third kappa shape index (κ3) is 3.33. The van der Waals surface area contributed by atoms with E-state index in [9.17, 15) is 9.18 Å². The summed E-state index contributed by atoms with van der Waals surface area (Å²) in [5, 5.41) is 8.99. The highest BCUT2D eigenvalue weighted by Gasteiger charge is 2.27. The van der Waals surface area contributed by atoms with Crippen molar-refractivity contribution in [1.82, 2.24) is 0 Å². The van der Waals surface area contributed by atoms with E-state index in [0.717, 1.165) is 11.1 Å². The van der Waals surface area contributed by atoms with E-state index in [1.165, 1.54) is 0 Å². The fourth-order valence-electron chi connectivity index (χ4n) is 1.52. The molecule has 0 saturated heterocycles. The second kappa shape index (κ2) is 5.10. The summed E-state index contributed by atoms with van der Waals surface area (Å²) < 4.78 is 12.1. The van der Waals surface area contributed by atoms with Crippen LogP contribution in [0.3, 0.4) is 0 Å². The van der Waals surface area contributed by atoms with Crippen LogP contribution < -0.4 is 0 Å². The molecule has 0 aliphatic carbocycles. The smallest absolute Gasteiger partial charge is 0.309 e. The number of hydrogen-bond acceptors (Lipinski definition) is 1. The van der Waals surface area contributed by atoms with Crippen molar-refractivity contribution >= 4 is 5.97 Å². The van der Waals surface area contributed by atoms with Crippen LogP contribution in [0.5, 0.6) is 0 Å². The Morgan fingerprint density at radius 3 is 2.19 bits per heavy atom. The Balaban J connectivity index is 2.72. The van der Waals surface area contributed by atoms with E-state index in [1.54, 1.807) is 13.8 Å². The molecule has 1 rings (SSSR count). The molecule has 0 aromatic heterocycles. The Hall–Kier alpha value is -1.38. The number of carbonyl (C=O) groups is 1. The molecular formula is C13H17FO2. The maximum absolute atomic E-state index is 12.1. The number of aryl methyl sites for hydroxylation is 1. The minimum Gasteiger partial charge on any atom is -0.481 e. The van der Waals surface area contributed by atoms with Crippen molar-refractivity contribution in [2.45, 2.75) is 26.7 Å². The second-order valence-electron chi connectivity index (χ2n) is 4.62. The summed E-state index contributed by atoms with van der Waals surface area (Å²) in [7, 11) is 0. The standard InChI is InChI=1S/C13H17FO2/c1-13(2,12(15)16)9-11-5-3-10(4-6-11)7-8-14/h3-6H,7-9H2,1-2H3,(H,15,16). The van der Waals surface area contributed by atoms with E-state index in [-0.39, 0.29) is 6.67 Å². The average molecular weight is 224 g/mol.